The first kappa shape index (κ1) is 13.4. The number of aliphatic hydroxyl groups is 1. The second-order valence-corrected chi connectivity index (χ2v) is 5.44. The van der Waals surface area contributed by atoms with E-state index in [4.69, 9.17) is 4.42 Å². The van der Waals surface area contributed by atoms with Gasteiger partial charge >= 0.3 is 0 Å². The van der Waals surface area contributed by atoms with Crippen molar-refractivity contribution < 1.29 is 9.52 Å². The first-order valence-electron chi connectivity index (χ1n) is 6.26. The maximum Gasteiger partial charge on any atom is 0.138 e. The van der Waals surface area contributed by atoms with E-state index >= 15 is 0 Å². The molecule has 0 spiro atoms. The Hall–Kier alpha value is -1.63. The molecule has 3 aromatic heterocycles. The second-order valence-electron chi connectivity index (χ2n) is 4.53. The van der Waals surface area contributed by atoms with Crippen LogP contribution in [0.2, 0.25) is 0 Å². The highest BCUT2D eigenvalue weighted by Crippen LogP contribution is 2.15. The summed E-state index contributed by atoms with van der Waals surface area (Å²) in [5.74, 6) is 0. The molecule has 1 atom stereocenters. The van der Waals surface area contributed by atoms with Gasteiger partial charge in [-0.25, -0.2) is 4.98 Å². The lowest BCUT2D eigenvalue weighted by Gasteiger charge is -2.09. The molecule has 0 saturated heterocycles. The first-order chi connectivity index (χ1) is 9.74. The van der Waals surface area contributed by atoms with Crippen LogP contribution in [0.4, 0.5) is 0 Å². The standard InChI is InChI=1S/C14H14BrN3O2/c15-11-1-3-18-12(7-17-14(18)5-11)6-16-8-13(19)10-2-4-20-9-10/h1-5,7,9,13,16,19H,6,8H2. The van der Waals surface area contributed by atoms with E-state index in [9.17, 15) is 5.11 Å². The van der Waals surface area contributed by atoms with E-state index in [1.54, 1.807) is 18.6 Å². The zero-order chi connectivity index (χ0) is 13.9. The number of halogens is 1. The summed E-state index contributed by atoms with van der Waals surface area (Å²) in [4.78, 5) is 4.34. The van der Waals surface area contributed by atoms with Gasteiger partial charge in [-0.3, -0.25) is 0 Å². The minimum absolute atomic E-state index is 0.462. The van der Waals surface area contributed by atoms with E-state index in [-0.39, 0.29) is 0 Å². The SMILES string of the molecule is OC(CNCc1cnc2cc(Br)ccn12)c1ccoc1. The Balaban J connectivity index is 1.63. The van der Waals surface area contributed by atoms with Gasteiger partial charge < -0.3 is 19.2 Å². The summed E-state index contributed by atoms with van der Waals surface area (Å²) >= 11 is 3.42. The first-order valence-corrected chi connectivity index (χ1v) is 7.06. The fraction of sp³-hybridized carbons (Fsp3) is 0.214. The molecule has 1 unspecified atom stereocenters. The minimum atomic E-state index is -0.568. The summed E-state index contributed by atoms with van der Waals surface area (Å²) in [5, 5.41) is 13.2. The molecule has 20 heavy (non-hydrogen) atoms. The minimum Gasteiger partial charge on any atom is -0.472 e. The maximum absolute atomic E-state index is 9.94. The number of nitrogens with zero attached hydrogens (tertiary/aromatic N) is 2. The molecule has 5 nitrogen and oxygen atoms in total. The average Bonchev–Trinajstić information content (AvgIpc) is 3.08. The van der Waals surface area contributed by atoms with Gasteiger partial charge in [0.2, 0.25) is 0 Å². The monoisotopic (exact) mass is 335 g/mol. The molecule has 0 saturated carbocycles. The Morgan fingerprint density at radius 1 is 1.45 bits per heavy atom. The maximum atomic E-state index is 9.94. The Morgan fingerprint density at radius 3 is 3.15 bits per heavy atom. The van der Waals surface area contributed by atoms with Crippen molar-refractivity contribution in [1.29, 1.82) is 0 Å². The fourth-order valence-electron chi connectivity index (χ4n) is 2.06. The average molecular weight is 336 g/mol. The molecule has 3 heterocycles. The van der Waals surface area contributed by atoms with Crippen molar-refractivity contribution in [3.8, 4) is 0 Å². The predicted molar refractivity (Wildman–Crippen MR) is 78.3 cm³/mol. The molecule has 3 rings (SSSR count). The topological polar surface area (TPSA) is 62.7 Å². The Kier molecular flexibility index (Phi) is 3.86. The number of aromatic nitrogens is 2. The zero-order valence-corrected chi connectivity index (χ0v) is 12.2. The number of pyridine rings is 1. The third-order valence-electron chi connectivity index (χ3n) is 3.12. The van der Waals surface area contributed by atoms with E-state index in [2.05, 4.69) is 26.2 Å². The Morgan fingerprint density at radius 2 is 2.35 bits per heavy atom. The molecule has 6 heteroatoms. The molecule has 0 amide bonds. The molecular weight excluding hydrogens is 322 g/mol. The third-order valence-corrected chi connectivity index (χ3v) is 3.62. The van der Waals surface area contributed by atoms with Crippen LogP contribution in [0.5, 0.6) is 0 Å². The van der Waals surface area contributed by atoms with Crippen molar-refractivity contribution in [2.45, 2.75) is 12.6 Å². The van der Waals surface area contributed by atoms with Crippen molar-refractivity contribution in [1.82, 2.24) is 14.7 Å². The number of imidazole rings is 1. The molecule has 0 aliphatic rings. The summed E-state index contributed by atoms with van der Waals surface area (Å²) in [6, 6.07) is 5.69. The highest BCUT2D eigenvalue weighted by Gasteiger charge is 2.09. The van der Waals surface area contributed by atoms with Crippen molar-refractivity contribution >= 4 is 21.6 Å². The van der Waals surface area contributed by atoms with Crippen LogP contribution in [-0.4, -0.2) is 21.0 Å². The Bertz CT molecular complexity index is 694. The molecule has 0 fully saturated rings. The molecule has 2 N–H and O–H groups in total. The smallest absolute Gasteiger partial charge is 0.138 e. The van der Waals surface area contributed by atoms with E-state index < -0.39 is 6.10 Å². The molecule has 3 aromatic rings. The molecule has 0 aliphatic heterocycles. The summed E-state index contributed by atoms with van der Waals surface area (Å²) < 4.78 is 7.97. The summed E-state index contributed by atoms with van der Waals surface area (Å²) in [7, 11) is 0. The van der Waals surface area contributed by atoms with Crippen LogP contribution in [0.3, 0.4) is 0 Å². The number of hydrogen-bond donors (Lipinski definition) is 2. The largest absolute Gasteiger partial charge is 0.472 e. The molecule has 0 aromatic carbocycles. The van der Waals surface area contributed by atoms with Crippen molar-refractivity contribution in [3.05, 3.63) is 58.8 Å². The zero-order valence-electron chi connectivity index (χ0n) is 10.7. The fourth-order valence-corrected chi connectivity index (χ4v) is 2.38. The Labute approximate surface area is 124 Å². The summed E-state index contributed by atoms with van der Waals surface area (Å²) in [6.07, 6.45) is 6.34. The van der Waals surface area contributed by atoms with Crippen LogP contribution < -0.4 is 5.32 Å². The number of aliphatic hydroxyl groups excluding tert-OH is 1. The van der Waals surface area contributed by atoms with Gasteiger partial charge in [0.25, 0.3) is 0 Å². The number of hydrogen-bond acceptors (Lipinski definition) is 4. The van der Waals surface area contributed by atoms with Crippen LogP contribution in [0.1, 0.15) is 17.4 Å². The van der Waals surface area contributed by atoms with Gasteiger partial charge in [0.15, 0.2) is 0 Å². The number of fused-ring (bicyclic) bond motifs is 1. The van der Waals surface area contributed by atoms with E-state index in [0.29, 0.717) is 13.1 Å². The number of nitrogens with one attached hydrogen (secondary N) is 1. The number of rotatable bonds is 5. The van der Waals surface area contributed by atoms with E-state index in [1.807, 2.05) is 28.9 Å². The molecule has 0 aliphatic carbocycles. The highest BCUT2D eigenvalue weighted by atomic mass is 79.9. The van der Waals surface area contributed by atoms with E-state index in [1.165, 1.54) is 0 Å². The van der Waals surface area contributed by atoms with Gasteiger partial charge in [-0.1, -0.05) is 15.9 Å². The summed E-state index contributed by atoms with van der Waals surface area (Å²) in [5.41, 5.74) is 2.72. The number of furan rings is 1. The van der Waals surface area contributed by atoms with Gasteiger partial charge in [0.1, 0.15) is 5.65 Å². The van der Waals surface area contributed by atoms with Crippen molar-refractivity contribution in [2.75, 3.05) is 6.54 Å². The van der Waals surface area contributed by atoms with Crippen molar-refractivity contribution in [2.24, 2.45) is 0 Å². The lowest BCUT2D eigenvalue weighted by molar-refractivity contribution is 0.173. The second kappa shape index (κ2) is 5.78. The van der Waals surface area contributed by atoms with Gasteiger partial charge in [-0.15, -0.1) is 0 Å². The van der Waals surface area contributed by atoms with Gasteiger partial charge in [-0.05, 0) is 18.2 Å². The predicted octanol–water partition coefficient (Wildman–Crippen LogP) is 2.51. The molecule has 0 bridgehead atoms. The van der Waals surface area contributed by atoms with Crippen LogP contribution in [0.15, 0.2) is 52.0 Å². The van der Waals surface area contributed by atoms with Crippen LogP contribution in [-0.2, 0) is 6.54 Å². The van der Waals surface area contributed by atoms with Gasteiger partial charge in [0, 0.05) is 29.3 Å². The quantitative estimate of drug-likeness (QED) is 0.752. The lowest BCUT2D eigenvalue weighted by atomic mass is 10.2. The lowest BCUT2D eigenvalue weighted by Crippen LogP contribution is -2.21. The molecular formula is C14H14BrN3O2. The van der Waals surface area contributed by atoms with Crippen molar-refractivity contribution in [3.63, 3.8) is 0 Å². The van der Waals surface area contributed by atoms with Crippen LogP contribution in [0.25, 0.3) is 5.65 Å². The van der Waals surface area contributed by atoms with Gasteiger partial charge in [-0.2, -0.15) is 0 Å². The summed E-state index contributed by atoms with van der Waals surface area (Å²) in [6.45, 7) is 1.10. The van der Waals surface area contributed by atoms with Crippen LogP contribution >= 0.6 is 15.9 Å². The highest BCUT2D eigenvalue weighted by molar-refractivity contribution is 9.10. The molecule has 0 radical (unpaired) electrons. The van der Waals surface area contributed by atoms with E-state index in [0.717, 1.165) is 21.4 Å². The normalized spacial score (nSPS) is 12.9. The molecule has 104 valence electrons. The van der Waals surface area contributed by atoms with Crippen LogP contribution in [0, 0.1) is 0 Å². The van der Waals surface area contributed by atoms with Gasteiger partial charge in [0.05, 0.1) is 30.5 Å². The third kappa shape index (κ3) is 2.77.